The van der Waals surface area contributed by atoms with Crippen molar-refractivity contribution in [2.24, 2.45) is 11.7 Å². The Balaban J connectivity index is 1.53. The number of hydrogen-bond donors (Lipinski definition) is 3. The highest BCUT2D eigenvalue weighted by Crippen LogP contribution is 2.37. The largest absolute Gasteiger partial charge is 0.462 e. The molecule has 37 heavy (non-hydrogen) atoms. The second kappa shape index (κ2) is 10.5. The molecule has 4 N–H and O–H groups in total. The normalized spacial score (nSPS) is 19.0. The molecular weight excluding hydrogens is 491 g/mol. The van der Waals surface area contributed by atoms with Gasteiger partial charge >= 0.3 is 12.1 Å². The summed E-state index contributed by atoms with van der Waals surface area (Å²) in [5.41, 5.74) is 4.77. The zero-order chi connectivity index (χ0) is 26.9. The van der Waals surface area contributed by atoms with Gasteiger partial charge in [0, 0.05) is 22.3 Å². The number of carbonyl (C=O) groups excluding carboxylic acids is 1. The topological polar surface area (TPSA) is 118 Å². The maximum atomic E-state index is 13.5. The molecule has 2 aromatic carbocycles. The number of pyridine rings is 1. The summed E-state index contributed by atoms with van der Waals surface area (Å²) in [6.45, 7) is 3.96. The lowest BCUT2D eigenvalue weighted by atomic mass is 10.0. The molecule has 3 aromatic rings. The van der Waals surface area contributed by atoms with E-state index in [1.165, 1.54) is 35.2 Å². The quantitative estimate of drug-likeness (QED) is 0.408. The Hall–Kier alpha value is -3.41. The second-order valence-corrected chi connectivity index (χ2v) is 9.43. The molecule has 0 aliphatic carbocycles. The van der Waals surface area contributed by atoms with Crippen molar-refractivity contribution >= 4 is 22.4 Å². The number of nitrogens with one attached hydrogen (secondary N) is 1. The van der Waals surface area contributed by atoms with E-state index < -0.39 is 41.8 Å². The first-order chi connectivity index (χ1) is 17.4. The Labute approximate surface area is 210 Å². The Morgan fingerprint density at radius 1 is 1.24 bits per heavy atom. The average Bonchev–Trinajstić information content (AvgIpc) is 3.21. The molecule has 1 aliphatic heterocycles. The summed E-state index contributed by atoms with van der Waals surface area (Å²) < 4.78 is 51.1. The standard InChI is InChI=1S/C26H28F3N3O5/c1-14(2)9-21(30)24(34)36-13-17-12-32(25(35)37-17)16-8-7-15-10-22(31-23(33)19(15)11-16)18-5-3-4-6-20(18)26(27,28)29/h3-8,10-11,14,17,21,25,35H,9,12-13,30H2,1-2H3,(H,31,33)/t17-,21?,25?/m1/s1. The summed E-state index contributed by atoms with van der Waals surface area (Å²) in [7, 11) is 0. The van der Waals surface area contributed by atoms with Crippen LogP contribution in [0.25, 0.3) is 22.0 Å². The van der Waals surface area contributed by atoms with Crippen LogP contribution in [-0.4, -0.2) is 47.8 Å². The molecule has 2 heterocycles. The molecule has 1 saturated heterocycles. The van der Waals surface area contributed by atoms with E-state index in [0.717, 1.165) is 6.07 Å². The Kier molecular flexibility index (Phi) is 7.58. The number of benzene rings is 2. The van der Waals surface area contributed by atoms with Gasteiger partial charge < -0.3 is 30.2 Å². The number of fused-ring (bicyclic) bond motifs is 1. The number of nitrogens with two attached hydrogens (primary N) is 1. The van der Waals surface area contributed by atoms with Crippen LogP contribution in [0, 0.1) is 5.92 Å². The number of carbonyl (C=O) groups is 1. The van der Waals surface area contributed by atoms with E-state index in [-0.39, 0.29) is 35.7 Å². The van der Waals surface area contributed by atoms with Crippen molar-refractivity contribution in [1.29, 1.82) is 0 Å². The molecule has 0 radical (unpaired) electrons. The molecule has 1 aliphatic rings. The molecule has 0 bridgehead atoms. The highest BCUT2D eigenvalue weighted by Gasteiger charge is 2.34. The summed E-state index contributed by atoms with van der Waals surface area (Å²) >= 11 is 0. The smallest absolute Gasteiger partial charge is 0.417 e. The van der Waals surface area contributed by atoms with Crippen molar-refractivity contribution in [3.63, 3.8) is 0 Å². The number of nitrogens with zero attached hydrogens (tertiary/aromatic N) is 1. The Morgan fingerprint density at radius 2 is 1.97 bits per heavy atom. The predicted octanol–water partition coefficient (Wildman–Crippen LogP) is 3.61. The summed E-state index contributed by atoms with van der Waals surface area (Å²) in [4.78, 5) is 28.9. The maximum Gasteiger partial charge on any atom is 0.417 e. The Morgan fingerprint density at radius 3 is 2.68 bits per heavy atom. The van der Waals surface area contributed by atoms with Gasteiger partial charge in [0.2, 0.25) is 6.41 Å². The number of anilines is 1. The first kappa shape index (κ1) is 26.6. The van der Waals surface area contributed by atoms with Gasteiger partial charge in [-0.15, -0.1) is 0 Å². The zero-order valence-corrected chi connectivity index (χ0v) is 20.3. The van der Waals surface area contributed by atoms with E-state index >= 15 is 0 Å². The van der Waals surface area contributed by atoms with Gasteiger partial charge in [-0.05, 0) is 42.0 Å². The minimum absolute atomic E-state index is 0.0419. The fraction of sp³-hybridized carbons (Fsp3) is 0.385. The van der Waals surface area contributed by atoms with Gasteiger partial charge in [-0.1, -0.05) is 38.1 Å². The minimum Gasteiger partial charge on any atom is -0.462 e. The van der Waals surface area contributed by atoms with E-state index in [2.05, 4.69) is 4.98 Å². The van der Waals surface area contributed by atoms with Gasteiger partial charge in [0.05, 0.1) is 12.1 Å². The molecule has 4 rings (SSSR count). The number of esters is 1. The monoisotopic (exact) mass is 519 g/mol. The first-order valence-electron chi connectivity index (χ1n) is 11.8. The van der Waals surface area contributed by atoms with Gasteiger partial charge in [0.25, 0.3) is 5.56 Å². The molecule has 2 unspecified atom stereocenters. The van der Waals surface area contributed by atoms with Gasteiger partial charge in [-0.2, -0.15) is 13.2 Å². The van der Waals surface area contributed by atoms with Crippen LogP contribution in [0.2, 0.25) is 0 Å². The highest BCUT2D eigenvalue weighted by molar-refractivity contribution is 5.88. The molecule has 1 aromatic heterocycles. The lowest BCUT2D eigenvalue weighted by Gasteiger charge is -2.21. The van der Waals surface area contributed by atoms with Crippen molar-refractivity contribution in [3.05, 3.63) is 64.4 Å². The van der Waals surface area contributed by atoms with Crippen molar-refractivity contribution in [1.82, 2.24) is 4.98 Å². The van der Waals surface area contributed by atoms with Gasteiger partial charge in [-0.25, -0.2) is 0 Å². The molecule has 3 atom stereocenters. The lowest BCUT2D eigenvalue weighted by molar-refractivity contribution is -0.153. The zero-order valence-electron chi connectivity index (χ0n) is 20.3. The van der Waals surface area contributed by atoms with Crippen molar-refractivity contribution in [2.75, 3.05) is 18.1 Å². The number of aromatic amines is 1. The van der Waals surface area contributed by atoms with Gasteiger partial charge in [0.1, 0.15) is 18.8 Å². The van der Waals surface area contributed by atoms with Gasteiger partial charge in [0.15, 0.2) is 0 Å². The number of H-pyrrole nitrogens is 1. The van der Waals surface area contributed by atoms with Crippen LogP contribution in [-0.2, 0) is 20.4 Å². The first-order valence-corrected chi connectivity index (χ1v) is 11.8. The second-order valence-electron chi connectivity index (χ2n) is 9.43. The lowest BCUT2D eigenvalue weighted by Crippen LogP contribution is -2.36. The fourth-order valence-electron chi connectivity index (χ4n) is 4.35. The van der Waals surface area contributed by atoms with Crippen LogP contribution < -0.4 is 16.2 Å². The van der Waals surface area contributed by atoms with E-state index in [4.69, 9.17) is 15.2 Å². The molecule has 11 heteroatoms. The Bertz CT molecular complexity index is 1340. The summed E-state index contributed by atoms with van der Waals surface area (Å²) in [6, 6.07) is 10.5. The number of alkyl halides is 3. The summed E-state index contributed by atoms with van der Waals surface area (Å²) in [5.74, 6) is -0.320. The maximum absolute atomic E-state index is 13.5. The van der Waals surface area contributed by atoms with Gasteiger partial charge in [-0.3, -0.25) is 9.59 Å². The predicted molar refractivity (Wildman–Crippen MR) is 132 cm³/mol. The number of halogens is 3. The van der Waals surface area contributed by atoms with Crippen LogP contribution in [0.1, 0.15) is 25.8 Å². The van der Waals surface area contributed by atoms with Crippen LogP contribution in [0.3, 0.4) is 0 Å². The summed E-state index contributed by atoms with van der Waals surface area (Å²) in [6.07, 6.45) is -6.07. The number of rotatable bonds is 7. The SMILES string of the molecule is CC(C)CC(N)C(=O)OC[C@H]1CN(c2ccc3cc(-c4ccccc4C(F)(F)F)[nH]c(=O)c3c2)C(O)O1. The third-order valence-electron chi connectivity index (χ3n) is 6.10. The minimum atomic E-state index is -4.58. The third-order valence-corrected chi connectivity index (χ3v) is 6.10. The van der Waals surface area contributed by atoms with E-state index in [1.807, 2.05) is 13.8 Å². The van der Waals surface area contributed by atoms with Crippen molar-refractivity contribution in [3.8, 4) is 11.3 Å². The van der Waals surface area contributed by atoms with E-state index in [0.29, 0.717) is 17.5 Å². The van der Waals surface area contributed by atoms with Crippen LogP contribution >= 0.6 is 0 Å². The fourth-order valence-corrected chi connectivity index (χ4v) is 4.35. The molecule has 1 fully saturated rings. The van der Waals surface area contributed by atoms with Crippen LogP contribution in [0.5, 0.6) is 0 Å². The number of ether oxygens (including phenoxy) is 2. The molecule has 8 nitrogen and oxygen atoms in total. The van der Waals surface area contributed by atoms with Crippen molar-refractivity contribution < 1.29 is 32.5 Å². The summed E-state index contributed by atoms with van der Waals surface area (Å²) in [5, 5.41) is 11.1. The number of aliphatic hydroxyl groups excluding tert-OH is 1. The molecule has 0 amide bonds. The number of aliphatic hydroxyl groups is 1. The van der Waals surface area contributed by atoms with E-state index in [9.17, 15) is 27.9 Å². The molecule has 0 saturated carbocycles. The molecule has 0 spiro atoms. The van der Waals surface area contributed by atoms with Crippen molar-refractivity contribution in [2.45, 2.75) is 45.0 Å². The molecule has 198 valence electrons. The molecular formula is C26H28F3N3O5. The number of aromatic nitrogens is 1. The van der Waals surface area contributed by atoms with Crippen LogP contribution in [0.4, 0.5) is 18.9 Å². The highest BCUT2D eigenvalue weighted by atomic mass is 19.4. The third kappa shape index (κ3) is 5.95. The average molecular weight is 520 g/mol. The van der Waals surface area contributed by atoms with E-state index in [1.54, 1.807) is 12.1 Å². The van der Waals surface area contributed by atoms with Crippen LogP contribution in [0.15, 0.2) is 53.3 Å². The number of hydrogen-bond acceptors (Lipinski definition) is 7.